The molecule has 0 saturated heterocycles. The van der Waals surface area contributed by atoms with Crippen molar-refractivity contribution in [3.63, 3.8) is 0 Å². The molecule has 0 radical (unpaired) electrons. The van der Waals surface area contributed by atoms with Gasteiger partial charge < -0.3 is 24.8 Å². The van der Waals surface area contributed by atoms with Crippen LogP contribution in [0.1, 0.15) is 13.8 Å². The van der Waals surface area contributed by atoms with Gasteiger partial charge in [-0.2, -0.15) is 0 Å². The summed E-state index contributed by atoms with van der Waals surface area (Å²) in [6.07, 6.45) is -0.868. The van der Waals surface area contributed by atoms with Crippen LogP contribution < -0.4 is 20.1 Å². The molecule has 2 amide bonds. The predicted molar refractivity (Wildman–Crippen MR) is 103 cm³/mol. The van der Waals surface area contributed by atoms with Crippen molar-refractivity contribution in [3.05, 3.63) is 48.5 Å². The number of amides is 2. The van der Waals surface area contributed by atoms with Crippen molar-refractivity contribution in [1.82, 2.24) is 0 Å². The molecule has 0 heterocycles. The molecular formula is C20H22N2O6. The molecule has 2 rings (SSSR count). The lowest BCUT2D eigenvalue weighted by Crippen LogP contribution is -2.29. The molecule has 28 heavy (non-hydrogen) atoms. The van der Waals surface area contributed by atoms with E-state index in [1.54, 1.807) is 42.5 Å². The standard InChI is InChI=1S/C20H22N2O6/c1-13(28-16-7-5-4-6-8-16)20(25)27-12-19(24)22-17-11-15(21-14(2)23)9-10-18(17)26-3/h4-11,13H,12H2,1-3H3,(H,21,23)(H,22,24)/t13-/m0/s1. The van der Waals surface area contributed by atoms with E-state index in [0.29, 0.717) is 22.9 Å². The van der Waals surface area contributed by atoms with Crippen molar-refractivity contribution in [1.29, 1.82) is 0 Å². The third-order valence-electron chi connectivity index (χ3n) is 3.53. The van der Waals surface area contributed by atoms with Gasteiger partial charge in [-0.25, -0.2) is 4.79 Å². The highest BCUT2D eigenvalue weighted by molar-refractivity contribution is 5.96. The summed E-state index contributed by atoms with van der Waals surface area (Å²) < 4.78 is 15.6. The molecule has 0 aliphatic carbocycles. The predicted octanol–water partition coefficient (Wildman–Crippen LogP) is 2.60. The van der Waals surface area contributed by atoms with Gasteiger partial charge in [0.15, 0.2) is 12.7 Å². The Hall–Kier alpha value is -3.55. The summed E-state index contributed by atoms with van der Waals surface area (Å²) in [5.74, 6) is -0.550. The lowest BCUT2D eigenvalue weighted by molar-refractivity contribution is -0.153. The molecule has 0 aliphatic rings. The minimum atomic E-state index is -0.868. The molecule has 148 valence electrons. The van der Waals surface area contributed by atoms with Crippen LogP contribution in [-0.2, 0) is 19.1 Å². The molecule has 0 saturated carbocycles. The summed E-state index contributed by atoms with van der Waals surface area (Å²) in [6, 6.07) is 13.6. The van der Waals surface area contributed by atoms with E-state index in [2.05, 4.69) is 10.6 Å². The Bertz CT molecular complexity index is 838. The van der Waals surface area contributed by atoms with Gasteiger partial charge in [0.2, 0.25) is 5.91 Å². The van der Waals surface area contributed by atoms with Crippen LogP contribution in [0.3, 0.4) is 0 Å². The van der Waals surface area contributed by atoms with E-state index in [0.717, 1.165) is 0 Å². The topological polar surface area (TPSA) is 103 Å². The molecule has 0 aliphatic heterocycles. The van der Waals surface area contributed by atoms with Gasteiger partial charge in [-0.15, -0.1) is 0 Å². The maximum atomic E-state index is 12.1. The molecule has 0 aromatic heterocycles. The summed E-state index contributed by atoms with van der Waals surface area (Å²) in [5.41, 5.74) is 0.828. The number of hydrogen-bond donors (Lipinski definition) is 2. The van der Waals surface area contributed by atoms with Crippen LogP contribution >= 0.6 is 0 Å². The van der Waals surface area contributed by atoms with E-state index >= 15 is 0 Å². The van der Waals surface area contributed by atoms with Crippen molar-refractivity contribution in [2.75, 3.05) is 24.4 Å². The third-order valence-corrected chi connectivity index (χ3v) is 3.53. The Kier molecular flexibility index (Phi) is 7.38. The first-order valence-corrected chi connectivity index (χ1v) is 8.53. The molecule has 8 nitrogen and oxygen atoms in total. The summed E-state index contributed by atoms with van der Waals surface area (Å²) in [5, 5.41) is 5.20. The van der Waals surface area contributed by atoms with E-state index in [4.69, 9.17) is 14.2 Å². The first-order chi connectivity index (χ1) is 13.4. The largest absolute Gasteiger partial charge is 0.495 e. The summed E-state index contributed by atoms with van der Waals surface area (Å²) in [4.78, 5) is 35.3. The Morgan fingerprint density at radius 1 is 1.04 bits per heavy atom. The van der Waals surface area contributed by atoms with Gasteiger partial charge >= 0.3 is 5.97 Å². The molecule has 2 aromatic rings. The number of carbonyl (C=O) groups excluding carboxylic acids is 3. The summed E-state index contributed by atoms with van der Waals surface area (Å²) in [6.45, 7) is 2.42. The number of anilines is 2. The Balaban J connectivity index is 1.91. The van der Waals surface area contributed by atoms with Gasteiger partial charge in [0.05, 0.1) is 12.8 Å². The second-order valence-corrected chi connectivity index (χ2v) is 5.83. The maximum Gasteiger partial charge on any atom is 0.347 e. The molecule has 8 heteroatoms. The zero-order chi connectivity index (χ0) is 20.5. The van der Waals surface area contributed by atoms with Gasteiger partial charge in [-0.3, -0.25) is 9.59 Å². The zero-order valence-electron chi connectivity index (χ0n) is 15.9. The normalized spacial score (nSPS) is 11.1. The lowest BCUT2D eigenvalue weighted by Gasteiger charge is -2.15. The van der Waals surface area contributed by atoms with Gasteiger partial charge in [0.25, 0.3) is 5.91 Å². The minimum absolute atomic E-state index is 0.247. The van der Waals surface area contributed by atoms with Crippen LogP contribution in [0.2, 0.25) is 0 Å². The van der Waals surface area contributed by atoms with Crippen LogP contribution in [-0.4, -0.2) is 37.6 Å². The number of methoxy groups -OCH3 is 1. The van der Waals surface area contributed by atoms with Gasteiger partial charge in [0, 0.05) is 12.6 Å². The van der Waals surface area contributed by atoms with Crippen LogP contribution in [0.15, 0.2) is 48.5 Å². The van der Waals surface area contributed by atoms with Gasteiger partial charge in [-0.1, -0.05) is 18.2 Å². The average molecular weight is 386 g/mol. The SMILES string of the molecule is COc1ccc(NC(C)=O)cc1NC(=O)COC(=O)[C@H](C)Oc1ccccc1. The minimum Gasteiger partial charge on any atom is -0.495 e. The van der Waals surface area contributed by atoms with Crippen molar-refractivity contribution in [2.24, 2.45) is 0 Å². The smallest absolute Gasteiger partial charge is 0.347 e. The van der Waals surface area contributed by atoms with Crippen LogP contribution in [0.25, 0.3) is 0 Å². The molecule has 1 atom stereocenters. The number of esters is 1. The third kappa shape index (κ3) is 6.31. The van der Waals surface area contributed by atoms with Crippen LogP contribution in [0.5, 0.6) is 11.5 Å². The fraction of sp³-hybridized carbons (Fsp3) is 0.250. The average Bonchev–Trinajstić information content (AvgIpc) is 2.66. The molecule has 0 unspecified atom stereocenters. The number of rotatable bonds is 8. The fourth-order valence-electron chi connectivity index (χ4n) is 2.28. The molecule has 0 fully saturated rings. The van der Waals surface area contributed by atoms with Crippen molar-refractivity contribution >= 4 is 29.2 Å². The van der Waals surface area contributed by atoms with E-state index in [1.165, 1.54) is 21.0 Å². The van der Waals surface area contributed by atoms with E-state index in [-0.39, 0.29) is 5.91 Å². The maximum absolute atomic E-state index is 12.1. The molecule has 2 aromatic carbocycles. The fourth-order valence-corrected chi connectivity index (χ4v) is 2.28. The van der Waals surface area contributed by atoms with Crippen molar-refractivity contribution in [3.8, 4) is 11.5 Å². The van der Waals surface area contributed by atoms with E-state index in [9.17, 15) is 14.4 Å². The van der Waals surface area contributed by atoms with Gasteiger partial charge in [-0.05, 0) is 37.3 Å². The van der Waals surface area contributed by atoms with Gasteiger partial charge in [0.1, 0.15) is 11.5 Å². The number of ether oxygens (including phenoxy) is 3. The second kappa shape index (κ2) is 9.96. The molecule has 0 spiro atoms. The lowest BCUT2D eigenvalue weighted by atomic mass is 10.2. The molecule has 0 bridgehead atoms. The molecular weight excluding hydrogens is 364 g/mol. The Labute approximate surface area is 162 Å². The Morgan fingerprint density at radius 3 is 2.39 bits per heavy atom. The van der Waals surface area contributed by atoms with Crippen molar-refractivity contribution in [2.45, 2.75) is 20.0 Å². The number of hydrogen-bond acceptors (Lipinski definition) is 6. The van der Waals surface area contributed by atoms with Crippen LogP contribution in [0, 0.1) is 0 Å². The summed E-state index contributed by atoms with van der Waals surface area (Å²) >= 11 is 0. The second-order valence-electron chi connectivity index (χ2n) is 5.83. The first-order valence-electron chi connectivity index (χ1n) is 8.53. The number of carbonyl (C=O) groups is 3. The van der Waals surface area contributed by atoms with E-state index < -0.39 is 24.6 Å². The highest BCUT2D eigenvalue weighted by Crippen LogP contribution is 2.27. The van der Waals surface area contributed by atoms with E-state index in [1.807, 2.05) is 6.07 Å². The highest BCUT2D eigenvalue weighted by atomic mass is 16.6. The Morgan fingerprint density at radius 2 is 1.75 bits per heavy atom. The zero-order valence-corrected chi connectivity index (χ0v) is 15.9. The quantitative estimate of drug-likeness (QED) is 0.676. The molecule has 2 N–H and O–H groups in total. The van der Waals surface area contributed by atoms with Crippen LogP contribution in [0.4, 0.5) is 11.4 Å². The number of nitrogens with one attached hydrogen (secondary N) is 2. The summed E-state index contributed by atoms with van der Waals surface area (Å²) in [7, 11) is 1.45. The first kappa shape index (κ1) is 20.8. The monoisotopic (exact) mass is 386 g/mol. The van der Waals surface area contributed by atoms with Crippen molar-refractivity contribution < 1.29 is 28.6 Å². The highest BCUT2D eigenvalue weighted by Gasteiger charge is 2.18. The number of para-hydroxylation sites is 1. The number of benzene rings is 2.